The molecule has 0 radical (unpaired) electrons. The van der Waals surface area contributed by atoms with Crippen molar-refractivity contribution in [2.75, 3.05) is 0 Å². The number of hydrogen-bond donors (Lipinski definition) is 0. The quantitative estimate of drug-likeness (QED) is 0.312. The van der Waals surface area contributed by atoms with Gasteiger partial charge in [-0.2, -0.15) is 0 Å². The molecule has 0 saturated carbocycles. The first kappa shape index (κ1) is 23.1. The smallest absolute Gasteiger partial charge is 0.277 e. The van der Waals surface area contributed by atoms with Crippen LogP contribution in [0.3, 0.4) is 0 Å². The van der Waals surface area contributed by atoms with E-state index < -0.39 is 0 Å². The van der Waals surface area contributed by atoms with Crippen molar-refractivity contribution in [3.05, 3.63) is 85.4 Å². The number of hydrogen-bond acceptors (Lipinski definition) is 6. The molecular formula is C25H25ClN4O2S. The van der Waals surface area contributed by atoms with Gasteiger partial charge in [0.2, 0.25) is 0 Å². The summed E-state index contributed by atoms with van der Waals surface area (Å²) in [5.74, 6) is 1.17. The van der Waals surface area contributed by atoms with Gasteiger partial charge < -0.3 is 4.74 Å². The van der Waals surface area contributed by atoms with Gasteiger partial charge in [0, 0.05) is 41.0 Å². The van der Waals surface area contributed by atoms with Gasteiger partial charge in [-0.3, -0.25) is 14.3 Å². The fourth-order valence-corrected chi connectivity index (χ4v) is 4.42. The van der Waals surface area contributed by atoms with Gasteiger partial charge in [0.15, 0.2) is 0 Å². The first-order valence-corrected chi connectivity index (χ1v) is 12.1. The number of halogens is 1. The number of aryl methyl sites for hydroxylation is 3. The highest BCUT2D eigenvalue weighted by atomic mass is 35.5. The van der Waals surface area contributed by atoms with Crippen molar-refractivity contribution in [2.45, 2.75) is 46.6 Å². The van der Waals surface area contributed by atoms with Crippen LogP contribution < -0.4 is 10.3 Å². The Morgan fingerprint density at radius 3 is 2.67 bits per heavy atom. The summed E-state index contributed by atoms with van der Waals surface area (Å²) < 4.78 is 7.42. The second-order valence-corrected chi connectivity index (χ2v) is 9.31. The van der Waals surface area contributed by atoms with E-state index in [2.05, 4.69) is 27.9 Å². The van der Waals surface area contributed by atoms with Crippen LogP contribution in [-0.4, -0.2) is 19.5 Å². The van der Waals surface area contributed by atoms with Crippen molar-refractivity contribution in [1.29, 1.82) is 0 Å². The van der Waals surface area contributed by atoms with E-state index in [1.807, 2.05) is 31.4 Å². The first-order chi connectivity index (χ1) is 16.0. The summed E-state index contributed by atoms with van der Waals surface area (Å²) >= 11 is 8.09. The Morgan fingerprint density at radius 2 is 1.91 bits per heavy atom. The molecule has 0 aromatic carbocycles. The van der Waals surface area contributed by atoms with E-state index >= 15 is 0 Å². The van der Waals surface area contributed by atoms with E-state index in [1.54, 1.807) is 40.4 Å². The van der Waals surface area contributed by atoms with Gasteiger partial charge in [0.25, 0.3) is 5.56 Å². The Bertz CT molecular complexity index is 1330. The second kappa shape index (κ2) is 10.3. The lowest BCUT2D eigenvalue weighted by Crippen LogP contribution is -2.22. The van der Waals surface area contributed by atoms with Crippen molar-refractivity contribution in [3.63, 3.8) is 0 Å². The van der Waals surface area contributed by atoms with E-state index in [0.717, 1.165) is 36.3 Å². The molecule has 0 spiro atoms. The van der Waals surface area contributed by atoms with Crippen LogP contribution >= 0.6 is 22.9 Å². The number of thiophene rings is 1. The molecule has 0 fully saturated rings. The van der Waals surface area contributed by atoms with Crippen LogP contribution in [-0.2, 0) is 13.0 Å². The molecule has 4 aromatic heterocycles. The largest absolute Gasteiger partial charge is 0.487 e. The standard InChI is InChI=1S/C25H25ClN4O2S/c1-4-5-6-23-28-10-8-20(29-23)21-13-19(7-9-27-21)30-16(2)11-22(24(26)25(30)31)32-14-18-12-17(3)33-15-18/h7-13,15H,4-6,14H2,1-3H3. The minimum atomic E-state index is -0.336. The van der Waals surface area contributed by atoms with Crippen LogP contribution in [0.5, 0.6) is 5.75 Å². The lowest BCUT2D eigenvalue weighted by molar-refractivity contribution is 0.305. The highest BCUT2D eigenvalue weighted by molar-refractivity contribution is 7.10. The van der Waals surface area contributed by atoms with Crippen molar-refractivity contribution in [3.8, 4) is 22.8 Å². The molecule has 0 amide bonds. The predicted molar refractivity (Wildman–Crippen MR) is 133 cm³/mol. The summed E-state index contributed by atoms with van der Waals surface area (Å²) in [5, 5.41) is 2.09. The van der Waals surface area contributed by atoms with Crippen LogP contribution in [0, 0.1) is 13.8 Å². The average Bonchev–Trinajstić information content (AvgIpc) is 3.24. The Kier molecular flexibility index (Phi) is 7.20. The lowest BCUT2D eigenvalue weighted by Gasteiger charge is -2.15. The number of aromatic nitrogens is 4. The average molecular weight is 481 g/mol. The predicted octanol–water partition coefficient (Wildman–Crippen LogP) is 5.94. The number of unbranched alkanes of at least 4 members (excludes halogenated alkanes) is 1. The minimum absolute atomic E-state index is 0.0507. The normalized spacial score (nSPS) is 11.0. The Labute approximate surface area is 201 Å². The second-order valence-electron chi connectivity index (χ2n) is 7.82. The molecule has 0 saturated heterocycles. The third-order valence-corrected chi connectivity index (χ3v) is 6.46. The fraction of sp³-hybridized carbons (Fsp3) is 0.280. The number of nitrogens with zero attached hydrogens (tertiary/aromatic N) is 4. The van der Waals surface area contributed by atoms with Gasteiger partial charge in [-0.1, -0.05) is 24.9 Å². The van der Waals surface area contributed by atoms with Crippen LogP contribution in [0.25, 0.3) is 17.1 Å². The molecule has 8 heteroatoms. The summed E-state index contributed by atoms with van der Waals surface area (Å²) in [5.41, 5.74) is 3.49. The number of ether oxygens (including phenoxy) is 1. The van der Waals surface area contributed by atoms with Gasteiger partial charge in [-0.15, -0.1) is 11.3 Å². The topological polar surface area (TPSA) is 69.9 Å². The molecule has 0 aliphatic rings. The van der Waals surface area contributed by atoms with Gasteiger partial charge in [0.1, 0.15) is 23.2 Å². The molecule has 6 nitrogen and oxygen atoms in total. The Morgan fingerprint density at radius 1 is 1.09 bits per heavy atom. The maximum absolute atomic E-state index is 13.2. The van der Waals surface area contributed by atoms with E-state index in [0.29, 0.717) is 29.4 Å². The Balaban J connectivity index is 1.64. The molecular weight excluding hydrogens is 456 g/mol. The molecule has 0 aliphatic heterocycles. The van der Waals surface area contributed by atoms with E-state index in [1.165, 1.54) is 4.88 Å². The van der Waals surface area contributed by atoms with E-state index in [-0.39, 0.29) is 10.6 Å². The third-order valence-electron chi connectivity index (χ3n) is 5.20. The molecule has 0 unspecified atom stereocenters. The number of pyridine rings is 2. The summed E-state index contributed by atoms with van der Waals surface area (Å²) in [7, 11) is 0. The van der Waals surface area contributed by atoms with Crippen molar-refractivity contribution in [1.82, 2.24) is 19.5 Å². The fourth-order valence-electron chi connectivity index (χ4n) is 3.54. The zero-order chi connectivity index (χ0) is 23.4. The summed E-state index contributed by atoms with van der Waals surface area (Å²) in [4.78, 5) is 27.8. The van der Waals surface area contributed by atoms with Gasteiger partial charge in [-0.25, -0.2) is 9.97 Å². The SMILES string of the molecule is CCCCc1nccc(-c2cc(-n3c(C)cc(OCc4csc(C)c4)c(Cl)c3=O)ccn2)n1. The van der Waals surface area contributed by atoms with Crippen LogP contribution in [0.2, 0.25) is 5.02 Å². The van der Waals surface area contributed by atoms with Crippen LogP contribution in [0.1, 0.15) is 41.7 Å². The Hall–Kier alpha value is -3.03. The van der Waals surface area contributed by atoms with E-state index in [9.17, 15) is 4.79 Å². The monoisotopic (exact) mass is 480 g/mol. The van der Waals surface area contributed by atoms with Crippen molar-refractivity contribution in [2.24, 2.45) is 0 Å². The molecule has 4 aromatic rings. The molecule has 33 heavy (non-hydrogen) atoms. The van der Waals surface area contributed by atoms with Crippen LogP contribution in [0.15, 0.2) is 52.9 Å². The molecule has 170 valence electrons. The summed E-state index contributed by atoms with van der Waals surface area (Å²) in [6, 6.07) is 9.29. The van der Waals surface area contributed by atoms with Gasteiger partial charge >= 0.3 is 0 Å². The van der Waals surface area contributed by atoms with Crippen molar-refractivity contribution < 1.29 is 4.74 Å². The molecule has 0 N–H and O–H groups in total. The van der Waals surface area contributed by atoms with Crippen molar-refractivity contribution >= 4 is 22.9 Å². The molecule has 0 atom stereocenters. The molecule has 4 heterocycles. The zero-order valence-corrected chi connectivity index (χ0v) is 20.4. The molecule has 0 aliphatic carbocycles. The highest BCUT2D eigenvalue weighted by Crippen LogP contribution is 2.26. The first-order valence-electron chi connectivity index (χ1n) is 10.8. The summed E-state index contributed by atoms with van der Waals surface area (Å²) in [6.45, 7) is 6.40. The maximum Gasteiger partial charge on any atom is 0.277 e. The molecule has 4 rings (SSSR count). The number of rotatable bonds is 8. The third kappa shape index (κ3) is 5.31. The minimum Gasteiger partial charge on any atom is -0.487 e. The van der Waals surface area contributed by atoms with Gasteiger partial charge in [0.05, 0.1) is 17.1 Å². The van der Waals surface area contributed by atoms with Crippen LogP contribution in [0.4, 0.5) is 0 Å². The zero-order valence-electron chi connectivity index (χ0n) is 18.8. The molecule has 0 bridgehead atoms. The lowest BCUT2D eigenvalue weighted by atomic mass is 10.2. The maximum atomic E-state index is 13.2. The summed E-state index contributed by atoms with van der Waals surface area (Å²) in [6.07, 6.45) is 6.35. The highest BCUT2D eigenvalue weighted by Gasteiger charge is 2.15. The van der Waals surface area contributed by atoms with E-state index in [4.69, 9.17) is 16.3 Å². The van der Waals surface area contributed by atoms with Gasteiger partial charge in [-0.05, 0) is 49.9 Å².